The number of piperazine rings is 1. The van der Waals surface area contributed by atoms with Crippen LogP contribution < -0.4 is 15.0 Å². The van der Waals surface area contributed by atoms with Crippen LogP contribution in [0, 0.1) is 5.82 Å². The second-order valence-electron chi connectivity index (χ2n) is 8.28. The van der Waals surface area contributed by atoms with E-state index in [1.807, 2.05) is 4.90 Å². The zero-order valence-electron chi connectivity index (χ0n) is 18.2. The summed E-state index contributed by atoms with van der Waals surface area (Å²) in [6.45, 7) is 3.34. The topological polar surface area (TPSA) is 48.1 Å². The van der Waals surface area contributed by atoms with Gasteiger partial charge in [0.15, 0.2) is 0 Å². The van der Waals surface area contributed by atoms with Crippen LogP contribution in [0.25, 0.3) is 0 Å². The Balaban J connectivity index is 1.24. The molecule has 2 aromatic carbocycles. The third kappa shape index (κ3) is 6.27. The summed E-state index contributed by atoms with van der Waals surface area (Å²) in [5.41, 5.74) is -0.692. The molecule has 190 valence electrons. The lowest BCUT2D eigenvalue weighted by Gasteiger charge is -2.48. The molecular weight excluding hydrogens is 485 g/mol. The van der Waals surface area contributed by atoms with Crippen molar-refractivity contribution in [1.82, 2.24) is 9.80 Å². The molecule has 0 spiro atoms. The number of rotatable bonds is 4. The van der Waals surface area contributed by atoms with Gasteiger partial charge >= 0.3 is 18.6 Å². The molecule has 0 radical (unpaired) electrons. The van der Waals surface area contributed by atoms with Crippen LogP contribution >= 0.6 is 0 Å². The van der Waals surface area contributed by atoms with E-state index < -0.39 is 30.0 Å². The summed E-state index contributed by atoms with van der Waals surface area (Å²) in [4.78, 5) is 18.0. The minimum absolute atomic E-state index is 0.0729. The molecule has 0 saturated carbocycles. The SMILES string of the molecule is O=C(Nc1cc(F)cc(C(F)(F)F)c1)N1CC(N2CCN(c3ccc(OC(F)(F)F)cc3)CC2)C1. The third-order valence-electron chi connectivity index (χ3n) is 5.89. The number of anilines is 2. The number of nitrogens with one attached hydrogen (secondary N) is 1. The van der Waals surface area contributed by atoms with Crippen LogP contribution in [0.1, 0.15) is 5.56 Å². The van der Waals surface area contributed by atoms with Crippen molar-refractivity contribution >= 4 is 17.4 Å². The zero-order valence-corrected chi connectivity index (χ0v) is 18.2. The first-order valence-corrected chi connectivity index (χ1v) is 10.7. The Kier molecular flexibility index (Phi) is 6.71. The lowest BCUT2D eigenvalue weighted by atomic mass is 10.1. The lowest BCUT2D eigenvalue weighted by molar-refractivity contribution is -0.274. The molecule has 2 fully saturated rings. The van der Waals surface area contributed by atoms with E-state index in [-0.39, 0.29) is 17.5 Å². The van der Waals surface area contributed by atoms with E-state index in [1.54, 1.807) is 12.1 Å². The van der Waals surface area contributed by atoms with Gasteiger partial charge in [0.05, 0.1) is 5.56 Å². The first-order chi connectivity index (χ1) is 16.4. The predicted molar refractivity (Wildman–Crippen MR) is 113 cm³/mol. The molecule has 0 atom stereocenters. The molecular formula is C22H21F7N4O2. The molecule has 35 heavy (non-hydrogen) atoms. The maximum atomic E-state index is 13.5. The Morgan fingerprint density at radius 3 is 2.11 bits per heavy atom. The molecule has 0 unspecified atom stereocenters. The summed E-state index contributed by atoms with van der Waals surface area (Å²) in [5.74, 6) is -1.39. The van der Waals surface area contributed by atoms with Gasteiger partial charge in [-0.3, -0.25) is 4.90 Å². The van der Waals surface area contributed by atoms with Crippen molar-refractivity contribution in [1.29, 1.82) is 0 Å². The largest absolute Gasteiger partial charge is 0.573 e. The number of halogens is 7. The van der Waals surface area contributed by atoms with E-state index in [0.717, 1.165) is 11.8 Å². The second kappa shape index (κ2) is 9.44. The van der Waals surface area contributed by atoms with Gasteiger partial charge in [-0.25, -0.2) is 9.18 Å². The Morgan fingerprint density at radius 2 is 1.54 bits per heavy atom. The molecule has 13 heteroatoms. The van der Waals surface area contributed by atoms with E-state index in [4.69, 9.17) is 0 Å². The maximum absolute atomic E-state index is 13.5. The summed E-state index contributed by atoms with van der Waals surface area (Å²) in [5, 5.41) is 2.31. The molecule has 2 aromatic rings. The molecule has 0 aromatic heterocycles. The van der Waals surface area contributed by atoms with Crippen LogP contribution in [0.2, 0.25) is 0 Å². The van der Waals surface area contributed by atoms with Crippen molar-refractivity contribution < 1.29 is 40.3 Å². The van der Waals surface area contributed by atoms with Crippen molar-refractivity contribution in [2.75, 3.05) is 49.5 Å². The van der Waals surface area contributed by atoms with E-state index in [0.29, 0.717) is 51.4 Å². The minimum atomic E-state index is -4.75. The zero-order chi connectivity index (χ0) is 25.4. The number of nitrogens with zero attached hydrogens (tertiary/aromatic N) is 3. The number of likely N-dealkylation sites (tertiary alicyclic amines) is 1. The Hall–Kier alpha value is -3.22. The summed E-state index contributed by atoms with van der Waals surface area (Å²) in [7, 11) is 0. The summed E-state index contributed by atoms with van der Waals surface area (Å²) in [6, 6.07) is 6.96. The Bertz CT molecular complexity index is 1050. The van der Waals surface area contributed by atoms with E-state index in [9.17, 15) is 35.5 Å². The number of carbonyl (C=O) groups excluding carboxylic acids is 1. The number of alkyl halides is 6. The first kappa shape index (κ1) is 24.9. The van der Waals surface area contributed by atoms with Crippen LogP contribution in [0.15, 0.2) is 42.5 Å². The molecule has 2 aliphatic rings. The van der Waals surface area contributed by atoms with Gasteiger partial charge in [0.2, 0.25) is 0 Å². The van der Waals surface area contributed by atoms with Gasteiger partial charge in [0.25, 0.3) is 0 Å². The van der Waals surface area contributed by atoms with E-state index in [1.165, 1.54) is 17.0 Å². The standard InChI is InChI=1S/C22H21F7N4O2/c23-15-9-14(21(24,25)26)10-16(11-15)30-20(34)33-12-18(13-33)32-7-5-31(6-8-32)17-1-3-19(4-2-17)35-22(27,28)29/h1-4,9-11,18H,5-8,12-13H2,(H,30,34). The number of hydrogen-bond donors (Lipinski definition) is 1. The number of hydrogen-bond acceptors (Lipinski definition) is 4. The lowest BCUT2D eigenvalue weighted by Crippen LogP contribution is -2.64. The molecule has 0 aliphatic carbocycles. The Labute approximate surface area is 195 Å². The van der Waals surface area contributed by atoms with Gasteiger partial charge in [-0.2, -0.15) is 13.2 Å². The van der Waals surface area contributed by atoms with Crippen LogP contribution in [0.4, 0.5) is 46.9 Å². The van der Waals surface area contributed by atoms with Gasteiger partial charge in [-0.05, 0) is 42.5 Å². The van der Waals surface area contributed by atoms with Crippen molar-refractivity contribution in [2.45, 2.75) is 18.6 Å². The first-order valence-electron chi connectivity index (χ1n) is 10.7. The van der Waals surface area contributed by atoms with Gasteiger partial charge in [-0.1, -0.05) is 0 Å². The molecule has 6 nitrogen and oxygen atoms in total. The van der Waals surface area contributed by atoms with Crippen LogP contribution in [-0.4, -0.2) is 67.5 Å². The molecule has 0 bridgehead atoms. The molecule has 1 N–H and O–H groups in total. The van der Waals surface area contributed by atoms with Crippen molar-refractivity contribution in [2.24, 2.45) is 0 Å². The number of benzene rings is 2. The highest BCUT2D eigenvalue weighted by atomic mass is 19.4. The summed E-state index contributed by atoms with van der Waals surface area (Å²) in [6.07, 6.45) is -9.48. The van der Waals surface area contributed by atoms with Gasteiger partial charge in [-0.15, -0.1) is 13.2 Å². The monoisotopic (exact) mass is 506 g/mol. The predicted octanol–water partition coefficient (Wildman–Crippen LogP) is 4.78. The van der Waals surface area contributed by atoms with E-state index in [2.05, 4.69) is 15.0 Å². The Morgan fingerprint density at radius 1 is 0.914 bits per heavy atom. The summed E-state index contributed by atoms with van der Waals surface area (Å²) < 4.78 is 92.8. The van der Waals surface area contributed by atoms with Gasteiger partial charge in [0.1, 0.15) is 11.6 Å². The highest BCUT2D eigenvalue weighted by molar-refractivity contribution is 5.90. The number of carbonyl (C=O) groups is 1. The third-order valence-corrected chi connectivity index (χ3v) is 5.89. The van der Waals surface area contributed by atoms with Crippen LogP contribution in [-0.2, 0) is 6.18 Å². The highest BCUT2D eigenvalue weighted by Gasteiger charge is 2.37. The van der Waals surface area contributed by atoms with Crippen molar-refractivity contribution in [3.63, 3.8) is 0 Å². The molecule has 4 rings (SSSR count). The molecule has 2 aliphatic heterocycles. The second-order valence-corrected chi connectivity index (χ2v) is 8.28. The average molecular weight is 506 g/mol. The quantitative estimate of drug-likeness (QED) is 0.607. The van der Waals surface area contributed by atoms with Gasteiger partial charge in [0, 0.05) is 56.7 Å². The van der Waals surface area contributed by atoms with Crippen LogP contribution in [0.3, 0.4) is 0 Å². The minimum Gasteiger partial charge on any atom is -0.406 e. The van der Waals surface area contributed by atoms with Crippen molar-refractivity contribution in [3.8, 4) is 5.75 Å². The van der Waals surface area contributed by atoms with E-state index >= 15 is 0 Å². The molecule has 2 saturated heterocycles. The highest BCUT2D eigenvalue weighted by Crippen LogP contribution is 2.32. The smallest absolute Gasteiger partial charge is 0.406 e. The fourth-order valence-electron chi connectivity index (χ4n) is 4.08. The number of amides is 2. The fraction of sp³-hybridized carbons (Fsp3) is 0.409. The van der Waals surface area contributed by atoms with Crippen LogP contribution in [0.5, 0.6) is 5.75 Å². The molecule has 2 amide bonds. The van der Waals surface area contributed by atoms with Crippen molar-refractivity contribution in [3.05, 3.63) is 53.8 Å². The normalized spacial score (nSPS) is 17.8. The number of urea groups is 1. The number of ether oxygens (including phenoxy) is 1. The summed E-state index contributed by atoms with van der Waals surface area (Å²) >= 11 is 0. The fourth-order valence-corrected chi connectivity index (χ4v) is 4.08. The molecule has 2 heterocycles. The maximum Gasteiger partial charge on any atom is 0.573 e. The van der Waals surface area contributed by atoms with Gasteiger partial charge < -0.3 is 19.9 Å². The average Bonchev–Trinajstić information content (AvgIpc) is 2.71.